The highest BCUT2D eigenvalue weighted by molar-refractivity contribution is 5.83. The predicted molar refractivity (Wildman–Crippen MR) is 76.9 cm³/mol. The van der Waals surface area contributed by atoms with E-state index in [1.54, 1.807) is 0 Å². The third-order valence-corrected chi connectivity index (χ3v) is 4.74. The number of hydrogen-bond acceptors (Lipinski definition) is 3. The van der Waals surface area contributed by atoms with Crippen LogP contribution in [0, 0.1) is 17.2 Å². The van der Waals surface area contributed by atoms with Gasteiger partial charge in [0, 0.05) is 24.9 Å². The van der Waals surface area contributed by atoms with Gasteiger partial charge in [0.25, 0.3) is 0 Å². The average molecular weight is 268 g/mol. The average Bonchev–Trinajstić information content (AvgIpc) is 3.08. The molecule has 0 N–H and O–H groups in total. The van der Waals surface area contributed by atoms with Crippen molar-refractivity contribution >= 4 is 5.78 Å². The van der Waals surface area contributed by atoms with Crippen LogP contribution < -0.4 is 0 Å². The van der Waals surface area contributed by atoms with Gasteiger partial charge in [-0.05, 0) is 43.9 Å². The summed E-state index contributed by atoms with van der Waals surface area (Å²) in [5.41, 5.74) is 1.85. The van der Waals surface area contributed by atoms with E-state index in [9.17, 15) is 10.1 Å². The van der Waals surface area contributed by atoms with E-state index >= 15 is 0 Å². The first-order chi connectivity index (χ1) is 9.79. The molecule has 0 amide bonds. The molecule has 2 fully saturated rings. The van der Waals surface area contributed by atoms with Gasteiger partial charge in [0.1, 0.15) is 5.78 Å². The molecule has 2 atom stereocenters. The van der Waals surface area contributed by atoms with Crippen LogP contribution in [0.25, 0.3) is 0 Å². The number of Topliss-reactive ketones (excluding diaryl/α,β-unsaturated/α-hetero) is 1. The molecule has 0 bridgehead atoms. The van der Waals surface area contributed by atoms with Gasteiger partial charge in [-0.15, -0.1) is 0 Å². The molecule has 0 aromatic heterocycles. The van der Waals surface area contributed by atoms with Gasteiger partial charge in [-0.3, -0.25) is 9.69 Å². The number of hydrogen-bond donors (Lipinski definition) is 0. The molecular weight excluding hydrogens is 248 g/mol. The molecule has 1 saturated carbocycles. The van der Waals surface area contributed by atoms with E-state index in [4.69, 9.17) is 0 Å². The summed E-state index contributed by atoms with van der Waals surface area (Å²) in [6, 6.07) is 10.5. The SMILES string of the molecule is N#Cc1ccccc1CN1CCCC1C1CCCC1=O. The Labute approximate surface area is 120 Å². The minimum absolute atomic E-state index is 0.242. The first-order valence-electron chi connectivity index (χ1n) is 7.54. The van der Waals surface area contributed by atoms with Gasteiger partial charge in [-0.25, -0.2) is 0 Å². The monoisotopic (exact) mass is 268 g/mol. The first kappa shape index (κ1) is 13.3. The summed E-state index contributed by atoms with van der Waals surface area (Å²) in [6.45, 7) is 1.85. The van der Waals surface area contributed by atoms with Crippen LogP contribution in [0.5, 0.6) is 0 Å². The van der Waals surface area contributed by atoms with Crippen molar-refractivity contribution in [2.24, 2.45) is 5.92 Å². The molecule has 3 heteroatoms. The van der Waals surface area contributed by atoms with E-state index in [0.717, 1.165) is 49.9 Å². The van der Waals surface area contributed by atoms with E-state index in [1.165, 1.54) is 6.42 Å². The van der Waals surface area contributed by atoms with Crippen LogP contribution in [0.15, 0.2) is 24.3 Å². The molecular formula is C17H20N2O. The summed E-state index contributed by atoms with van der Waals surface area (Å²) in [5, 5.41) is 9.19. The van der Waals surface area contributed by atoms with Gasteiger partial charge in [-0.1, -0.05) is 18.2 Å². The number of carbonyl (C=O) groups is 1. The highest BCUT2D eigenvalue weighted by Gasteiger charge is 2.37. The fourth-order valence-corrected chi connectivity index (χ4v) is 3.74. The summed E-state index contributed by atoms with van der Waals surface area (Å²) in [5.74, 6) is 0.696. The number of carbonyl (C=O) groups excluding carboxylic acids is 1. The lowest BCUT2D eigenvalue weighted by atomic mass is 9.94. The van der Waals surface area contributed by atoms with Crippen molar-refractivity contribution in [3.8, 4) is 6.07 Å². The van der Waals surface area contributed by atoms with E-state index in [2.05, 4.69) is 11.0 Å². The Balaban J connectivity index is 1.76. The lowest BCUT2D eigenvalue weighted by Gasteiger charge is -2.28. The largest absolute Gasteiger partial charge is 0.299 e. The van der Waals surface area contributed by atoms with E-state index in [1.807, 2.05) is 24.3 Å². The van der Waals surface area contributed by atoms with Crippen LogP contribution in [-0.4, -0.2) is 23.3 Å². The number of benzene rings is 1. The third kappa shape index (κ3) is 2.48. The molecule has 1 aliphatic heterocycles. The van der Waals surface area contributed by atoms with Gasteiger partial charge >= 0.3 is 0 Å². The smallest absolute Gasteiger partial charge is 0.137 e. The molecule has 20 heavy (non-hydrogen) atoms. The minimum Gasteiger partial charge on any atom is -0.299 e. The van der Waals surface area contributed by atoms with Crippen LogP contribution >= 0.6 is 0 Å². The molecule has 1 aromatic carbocycles. The van der Waals surface area contributed by atoms with Crippen molar-refractivity contribution in [2.75, 3.05) is 6.54 Å². The molecule has 3 nitrogen and oxygen atoms in total. The number of ketones is 1. The quantitative estimate of drug-likeness (QED) is 0.846. The third-order valence-electron chi connectivity index (χ3n) is 4.74. The molecule has 0 spiro atoms. The fourth-order valence-electron chi connectivity index (χ4n) is 3.74. The molecule has 2 unspecified atom stereocenters. The molecule has 1 aromatic rings. The van der Waals surface area contributed by atoms with Crippen LogP contribution in [0.1, 0.15) is 43.2 Å². The van der Waals surface area contributed by atoms with Crippen molar-refractivity contribution in [1.82, 2.24) is 4.90 Å². The molecule has 3 rings (SSSR count). The fraction of sp³-hybridized carbons (Fsp3) is 0.529. The Morgan fingerprint density at radius 3 is 2.85 bits per heavy atom. The van der Waals surface area contributed by atoms with Gasteiger partial charge < -0.3 is 0 Å². The van der Waals surface area contributed by atoms with E-state index in [-0.39, 0.29) is 5.92 Å². The lowest BCUT2D eigenvalue weighted by Crippen LogP contribution is -2.37. The van der Waals surface area contributed by atoms with Gasteiger partial charge in [-0.2, -0.15) is 5.26 Å². The second-order valence-electron chi connectivity index (χ2n) is 5.91. The molecule has 2 aliphatic rings. The summed E-state index contributed by atoms with van der Waals surface area (Å²) in [7, 11) is 0. The second-order valence-corrected chi connectivity index (χ2v) is 5.91. The van der Waals surface area contributed by atoms with Crippen LogP contribution in [0.3, 0.4) is 0 Å². The summed E-state index contributed by atoms with van der Waals surface area (Å²) in [6.07, 6.45) is 5.18. The molecule has 1 aliphatic carbocycles. The second kappa shape index (κ2) is 5.76. The maximum Gasteiger partial charge on any atom is 0.137 e. The molecule has 0 radical (unpaired) electrons. The molecule has 104 valence electrons. The Kier molecular flexibility index (Phi) is 3.84. The van der Waals surface area contributed by atoms with E-state index < -0.39 is 0 Å². The van der Waals surface area contributed by atoms with Crippen molar-refractivity contribution in [1.29, 1.82) is 5.26 Å². The van der Waals surface area contributed by atoms with Crippen LogP contribution in [0.2, 0.25) is 0 Å². The van der Waals surface area contributed by atoms with Crippen molar-refractivity contribution in [2.45, 2.75) is 44.7 Å². The lowest BCUT2D eigenvalue weighted by molar-refractivity contribution is -0.122. The maximum absolute atomic E-state index is 12.0. The van der Waals surface area contributed by atoms with Crippen LogP contribution in [0.4, 0.5) is 0 Å². The molecule has 1 saturated heterocycles. The Bertz CT molecular complexity index is 546. The predicted octanol–water partition coefficient (Wildman–Crippen LogP) is 2.89. The number of nitriles is 1. The number of likely N-dealkylation sites (tertiary alicyclic amines) is 1. The van der Waals surface area contributed by atoms with Gasteiger partial charge in [0.15, 0.2) is 0 Å². The number of nitrogens with zero attached hydrogens (tertiary/aromatic N) is 2. The Morgan fingerprint density at radius 1 is 1.25 bits per heavy atom. The normalized spacial score (nSPS) is 26.9. The standard InChI is InChI=1S/C17H20N2O/c18-11-13-5-1-2-6-14(13)12-19-10-4-8-16(19)15-7-3-9-17(15)20/h1-2,5-6,15-16H,3-4,7-10,12H2. The maximum atomic E-state index is 12.0. The Hall–Kier alpha value is -1.66. The zero-order valence-electron chi connectivity index (χ0n) is 11.7. The number of rotatable bonds is 3. The zero-order chi connectivity index (χ0) is 13.9. The summed E-state index contributed by atoms with van der Waals surface area (Å²) < 4.78 is 0. The summed E-state index contributed by atoms with van der Waals surface area (Å²) in [4.78, 5) is 14.4. The topological polar surface area (TPSA) is 44.1 Å². The molecule has 1 heterocycles. The van der Waals surface area contributed by atoms with Crippen molar-refractivity contribution < 1.29 is 4.79 Å². The first-order valence-corrected chi connectivity index (χ1v) is 7.54. The van der Waals surface area contributed by atoms with Gasteiger partial charge in [0.2, 0.25) is 0 Å². The highest BCUT2D eigenvalue weighted by atomic mass is 16.1. The Morgan fingerprint density at radius 2 is 2.10 bits per heavy atom. The van der Waals surface area contributed by atoms with E-state index in [0.29, 0.717) is 11.8 Å². The van der Waals surface area contributed by atoms with Crippen molar-refractivity contribution in [3.63, 3.8) is 0 Å². The van der Waals surface area contributed by atoms with Gasteiger partial charge in [0.05, 0.1) is 11.6 Å². The zero-order valence-corrected chi connectivity index (χ0v) is 11.7. The minimum atomic E-state index is 0.242. The summed E-state index contributed by atoms with van der Waals surface area (Å²) >= 11 is 0. The van der Waals surface area contributed by atoms with Crippen molar-refractivity contribution in [3.05, 3.63) is 35.4 Å². The van der Waals surface area contributed by atoms with Crippen LogP contribution in [-0.2, 0) is 11.3 Å². The highest BCUT2D eigenvalue weighted by Crippen LogP contribution is 2.34.